The third-order valence-corrected chi connectivity index (χ3v) is 3.14. The van der Waals surface area contributed by atoms with Gasteiger partial charge in [-0.3, -0.25) is 0 Å². The van der Waals surface area contributed by atoms with Gasteiger partial charge in [0.05, 0.1) is 25.3 Å². The number of hydrogen-bond donors (Lipinski definition) is 1. The van der Waals surface area contributed by atoms with Crippen molar-refractivity contribution in [3.8, 4) is 5.75 Å². The van der Waals surface area contributed by atoms with E-state index < -0.39 is 0 Å². The highest BCUT2D eigenvalue weighted by atomic mass is 19.1. The Morgan fingerprint density at radius 2 is 2.32 bits per heavy atom. The van der Waals surface area contributed by atoms with Crippen molar-refractivity contribution in [3.63, 3.8) is 0 Å². The van der Waals surface area contributed by atoms with Gasteiger partial charge in [0.2, 0.25) is 0 Å². The number of rotatable bonds is 6. The van der Waals surface area contributed by atoms with Gasteiger partial charge in [-0.15, -0.1) is 0 Å². The molecule has 0 fully saturated rings. The minimum atomic E-state index is -0.279. The molecule has 4 heteroatoms. The first-order valence-electron chi connectivity index (χ1n) is 6.66. The van der Waals surface area contributed by atoms with E-state index in [1.165, 1.54) is 6.07 Å². The lowest BCUT2D eigenvalue weighted by Crippen LogP contribution is -2.25. The van der Waals surface area contributed by atoms with Crippen LogP contribution < -0.4 is 10.1 Å². The average molecular weight is 265 g/mol. The first-order chi connectivity index (χ1) is 9.27. The van der Waals surface area contributed by atoms with Crippen LogP contribution in [0.4, 0.5) is 4.39 Å². The second-order valence-corrected chi connectivity index (χ2v) is 4.49. The Kier molecular flexibility index (Phi) is 4.80. The molecule has 3 nitrogen and oxygen atoms in total. The molecule has 0 bridgehead atoms. The zero-order valence-electron chi connectivity index (χ0n) is 11.4. The average Bonchev–Trinajstić information content (AvgIpc) is 2.94. The van der Waals surface area contributed by atoms with E-state index in [-0.39, 0.29) is 11.9 Å². The zero-order chi connectivity index (χ0) is 13.7. The molecule has 1 aromatic rings. The van der Waals surface area contributed by atoms with Crippen LogP contribution in [0.5, 0.6) is 5.75 Å². The molecular formula is C15H20FNO2. The van der Waals surface area contributed by atoms with Crippen LogP contribution >= 0.6 is 0 Å². The van der Waals surface area contributed by atoms with Crippen LogP contribution in [0.3, 0.4) is 0 Å². The highest BCUT2D eigenvalue weighted by molar-refractivity contribution is 5.40. The van der Waals surface area contributed by atoms with Crippen molar-refractivity contribution in [2.45, 2.75) is 25.8 Å². The normalized spacial score (nSPS) is 15.8. The third-order valence-electron chi connectivity index (χ3n) is 3.14. The van der Waals surface area contributed by atoms with Crippen LogP contribution in [0, 0.1) is 5.82 Å². The number of nitrogens with one attached hydrogen (secondary N) is 1. The minimum Gasteiger partial charge on any atom is -0.496 e. The fraction of sp³-hybridized carbons (Fsp3) is 0.467. The van der Waals surface area contributed by atoms with Crippen molar-refractivity contribution in [1.82, 2.24) is 5.32 Å². The Labute approximate surface area is 113 Å². The third kappa shape index (κ3) is 3.07. The molecule has 0 spiro atoms. The van der Waals surface area contributed by atoms with Gasteiger partial charge in [0, 0.05) is 6.42 Å². The maximum atomic E-state index is 14.2. The summed E-state index contributed by atoms with van der Waals surface area (Å²) < 4.78 is 25.0. The molecule has 1 heterocycles. The fourth-order valence-corrected chi connectivity index (χ4v) is 2.25. The van der Waals surface area contributed by atoms with Crippen molar-refractivity contribution in [3.05, 3.63) is 41.4 Å². The molecule has 2 rings (SSSR count). The maximum Gasteiger partial charge on any atom is 0.132 e. The van der Waals surface area contributed by atoms with E-state index >= 15 is 0 Å². The topological polar surface area (TPSA) is 30.5 Å². The van der Waals surface area contributed by atoms with E-state index in [9.17, 15) is 4.39 Å². The summed E-state index contributed by atoms with van der Waals surface area (Å²) in [4.78, 5) is 0. The first-order valence-corrected chi connectivity index (χ1v) is 6.66. The smallest absolute Gasteiger partial charge is 0.132 e. The molecule has 0 amide bonds. The second kappa shape index (κ2) is 6.57. The molecule has 0 saturated heterocycles. The SMILES string of the molecule is CCCNC(C1=CCCO1)c1c(F)cccc1OC. The zero-order valence-corrected chi connectivity index (χ0v) is 11.4. The summed E-state index contributed by atoms with van der Waals surface area (Å²) >= 11 is 0. The van der Waals surface area contributed by atoms with E-state index in [0.29, 0.717) is 17.9 Å². The molecule has 104 valence electrons. The van der Waals surface area contributed by atoms with E-state index in [0.717, 1.165) is 25.1 Å². The number of halogens is 1. The van der Waals surface area contributed by atoms with Gasteiger partial charge >= 0.3 is 0 Å². The predicted octanol–water partition coefficient (Wildman–Crippen LogP) is 3.18. The quantitative estimate of drug-likeness (QED) is 0.857. The van der Waals surface area contributed by atoms with Gasteiger partial charge in [-0.2, -0.15) is 0 Å². The molecule has 1 aliphatic heterocycles. The molecule has 0 saturated carbocycles. The van der Waals surface area contributed by atoms with Crippen molar-refractivity contribution in [2.75, 3.05) is 20.3 Å². The van der Waals surface area contributed by atoms with Gasteiger partial charge in [0.25, 0.3) is 0 Å². The Bertz CT molecular complexity index is 459. The number of methoxy groups -OCH3 is 1. The fourth-order valence-electron chi connectivity index (χ4n) is 2.25. The van der Waals surface area contributed by atoms with Crippen LogP contribution in [-0.2, 0) is 4.74 Å². The van der Waals surface area contributed by atoms with Crippen LogP contribution in [0.15, 0.2) is 30.0 Å². The molecule has 1 atom stereocenters. The van der Waals surface area contributed by atoms with Crippen LogP contribution in [0.2, 0.25) is 0 Å². The maximum absolute atomic E-state index is 14.2. The summed E-state index contributed by atoms with van der Waals surface area (Å²) in [6, 6.07) is 4.60. The number of hydrogen-bond acceptors (Lipinski definition) is 3. The Balaban J connectivity index is 2.36. The van der Waals surface area contributed by atoms with E-state index in [1.54, 1.807) is 19.2 Å². The Morgan fingerprint density at radius 1 is 1.47 bits per heavy atom. The standard InChI is InChI=1S/C15H20FNO2/c1-3-9-17-15(13-8-5-10-19-13)14-11(16)6-4-7-12(14)18-2/h4,6-8,15,17H,3,5,9-10H2,1-2H3. The van der Waals surface area contributed by atoms with Gasteiger partial charge in [-0.25, -0.2) is 4.39 Å². The van der Waals surface area contributed by atoms with Gasteiger partial charge in [-0.1, -0.05) is 13.0 Å². The van der Waals surface area contributed by atoms with Gasteiger partial charge < -0.3 is 14.8 Å². The highest BCUT2D eigenvalue weighted by Gasteiger charge is 2.26. The lowest BCUT2D eigenvalue weighted by Gasteiger charge is -2.22. The first kappa shape index (κ1) is 13.9. The molecule has 0 aromatic heterocycles. The van der Waals surface area contributed by atoms with Crippen molar-refractivity contribution in [1.29, 1.82) is 0 Å². The van der Waals surface area contributed by atoms with Crippen molar-refractivity contribution < 1.29 is 13.9 Å². The van der Waals surface area contributed by atoms with E-state index in [2.05, 4.69) is 12.2 Å². The van der Waals surface area contributed by atoms with Crippen LogP contribution in [0.25, 0.3) is 0 Å². The van der Waals surface area contributed by atoms with Crippen molar-refractivity contribution in [2.24, 2.45) is 0 Å². The van der Waals surface area contributed by atoms with Gasteiger partial charge in [0.15, 0.2) is 0 Å². The largest absolute Gasteiger partial charge is 0.496 e. The summed E-state index contributed by atoms with van der Waals surface area (Å²) in [7, 11) is 1.55. The summed E-state index contributed by atoms with van der Waals surface area (Å²) in [6.45, 7) is 3.53. The molecule has 1 N–H and O–H groups in total. The molecule has 1 aromatic carbocycles. The number of benzene rings is 1. The summed E-state index contributed by atoms with van der Waals surface area (Å²) in [5.41, 5.74) is 0.520. The Hall–Kier alpha value is -1.55. The molecule has 1 unspecified atom stereocenters. The van der Waals surface area contributed by atoms with Crippen LogP contribution in [-0.4, -0.2) is 20.3 Å². The minimum absolute atomic E-state index is 0.274. The molecule has 19 heavy (non-hydrogen) atoms. The van der Waals surface area contributed by atoms with Crippen molar-refractivity contribution >= 4 is 0 Å². The van der Waals surface area contributed by atoms with E-state index in [1.807, 2.05) is 6.08 Å². The molecule has 0 radical (unpaired) electrons. The van der Waals surface area contributed by atoms with Crippen LogP contribution in [0.1, 0.15) is 31.4 Å². The summed E-state index contributed by atoms with van der Waals surface area (Å²) in [5.74, 6) is 1.06. The lowest BCUT2D eigenvalue weighted by atomic mass is 10.0. The Morgan fingerprint density at radius 3 is 2.95 bits per heavy atom. The lowest BCUT2D eigenvalue weighted by molar-refractivity contribution is 0.212. The molecule has 1 aliphatic rings. The summed E-state index contributed by atoms with van der Waals surface area (Å²) in [6.07, 6.45) is 3.86. The van der Waals surface area contributed by atoms with Gasteiger partial charge in [0.1, 0.15) is 17.3 Å². The summed E-state index contributed by atoms with van der Waals surface area (Å²) in [5, 5.41) is 3.33. The second-order valence-electron chi connectivity index (χ2n) is 4.49. The molecule has 0 aliphatic carbocycles. The number of ether oxygens (including phenoxy) is 2. The van der Waals surface area contributed by atoms with Gasteiger partial charge in [-0.05, 0) is 31.2 Å². The highest BCUT2D eigenvalue weighted by Crippen LogP contribution is 2.34. The van der Waals surface area contributed by atoms with E-state index in [4.69, 9.17) is 9.47 Å². The monoisotopic (exact) mass is 265 g/mol. The molecular weight excluding hydrogens is 245 g/mol. The predicted molar refractivity (Wildman–Crippen MR) is 72.6 cm³/mol.